The van der Waals surface area contributed by atoms with Crippen LogP contribution in [0.2, 0.25) is 0 Å². The number of methoxy groups -OCH3 is 1. The zero-order chi connectivity index (χ0) is 15.5. The highest BCUT2D eigenvalue weighted by Crippen LogP contribution is 2.31. The minimum atomic E-state index is -3.60. The molecule has 1 amide bonds. The van der Waals surface area contributed by atoms with E-state index >= 15 is 0 Å². The molecule has 2 aliphatic carbocycles. The van der Waals surface area contributed by atoms with E-state index in [1.54, 1.807) is 0 Å². The van der Waals surface area contributed by atoms with Crippen LogP contribution in [-0.4, -0.2) is 45.2 Å². The van der Waals surface area contributed by atoms with E-state index in [0.29, 0.717) is 19.3 Å². The Morgan fingerprint density at radius 3 is 2.52 bits per heavy atom. The molecule has 2 unspecified atom stereocenters. The molecule has 2 aliphatic rings. The zero-order valence-corrected chi connectivity index (χ0v) is 12.9. The molecule has 2 fully saturated rings. The van der Waals surface area contributed by atoms with Gasteiger partial charge in [0.05, 0.1) is 18.3 Å². The molecule has 0 saturated heterocycles. The van der Waals surface area contributed by atoms with Crippen molar-refractivity contribution in [3.05, 3.63) is 0 Å². The molecule has 120 valence electrons. The number of hydrogen-bond acceptors (Lipinski definition) is 5. The molecule has 0 aromatic carbocycles. The Morgan fingerprint density at radius 2 is 1.90 bits per heavy atom. The Bertz CT molecular complexity index is 501. The Kier molecular flexibility index (Phi) is 5.21. The van der Waals surface area contributed by atoms with Crippen molar-refractivity contribution in [1.29, 1.82) is 0 Å². The minimum absolute atomic E-state index is 0.0608. The second-order valence-corrected chi connectivity index (χ2v) is 7.61. The van der Waals surface area contributed by atoms with Crippen LogP contribution in [0, 0.1) is 5.92 Å². The van der Waals surface area contributed by atoms with Gasteiger partial charge < -0.3 is 10.1 Å². The summed E-state index contributed by atoms with van der Waals surface area (Å²) >= 11 is 0. The maximum atomic E-state index is 12.2. The quantitative estimate of drug-likeness (QED) is 0.639. The van der Waals surface area contributed by atoms with Crippen LogP contribution in [-0.2, 0) is 24.3 Å². The first-order valence-corrected chi connectivity index (χ1v) is 8.84. The summed E-state index contributed by atoms with van der Waals surface area (Å²) in [4.78, 5) is 23.1. The molecule has 2 atom stereocenters. The Labute approximate surface area is 124 Å². The first-order valence-electron chi connectivity index (χ1n) is 7.29. The summed E-state index contributed by atoms with van der Waals surface area (Å²) in [6.07, 6.45) is 3.78. The van der Waals surface area contributed by atoms with Crippen LogP contribution in [0.25, 0.3) is 0 Å². The van der Waals surface area contributed by atoms with Crippen LogP contribution >= 0.6 is 0 Å². The molecular formula is C13H22N2O5S. The Morgan fingerprint density at radius 1 is 1.19 bits per heavy atom. The zero-order valence-electron chi connectivity index (χ0n) is 12.1. The maximum absolute atomic E-state index is 12.2. The van der Waals surface area contributed by atoms with E-state index in [2.05, 4.69) is 14.8 Å². The van der Waals surface area contributed by atoms with Crippen LogP contribution in [0.15, 0.2) is 0 Å². The monoisotopic (exact) mass is 318 g/mol. The molecular weight excluding hydrogens is 296 g/mol. The first-order chi connectivity index (χ1) is 9.94. The highest BCUT2D eigenvalue weighted by molar-refractivity contribution is 7.90. The number of esters is 1. The molecule has 0 heterocycles. The van der Waals surface area contributed by atoms with E-state index in [0.717, 1.165) is 12.8 Å². The number of nitrogens with one attached hydrogen (secondary N) is 2. The summed E-state index contributed by atoms with van der Waals surface area (Å²) in [5.41, 5.74) is 0. The van der Waals surface area contributed by atoms with E-state index in [1.807, 2.05) is 0 Å². The molecule has 21 heavy (non-hydrogen) atoms. The van der Waals surface area contributed by atoms with Gasteiger partial charge in [-0.2, -0.15) is 0 Å². The number of hydrogen-bond donors (Lipinski definition) is 2. The summed E-state index contributed by atoms with van der Waals surface area (Å²) in [6, 6.07) is 0.271. The third kappa shape index (κ3) is 4.41. The van der Waals surface area contributed by atoms with E-state index in [1.165, 1.54) is 7.11 Å². The predicted octanol–water partition coefficient (Wildman–Crippen LogP) is -0.0838. The molecule has 0 aromatic rings. The van der Waals surface area contributed by atoms with Gasteiger partial charge in [-0.05, 0) is 25.7 Å². The lowest BCUT2D eigenvalue weighted by Crippen LogP contribution is -2.41. The molecule has 0 aromatic heterocycles. The minimum Gasteiger partial charge on any atom is -0.469 e. The highest BCUT2D eigenvalue weighted by atomic mass is 32.2. The van der Waals surface area contributed by atoms with Gasteiger partial charge in [-0.25, -0.2) is 13.1 Å². The number of amides is 1. The molecule has 8 heteroatoms. The van der Waals surface area contributed by atoms with Crippen molar-refractivity contribution in [2.24, 2.45) is 5.92 Å². The van der Waals surface area contributed by atoms with Crippen molar-refractivity contribution in [3.63, 3.8) is 0 Å². The standard InChI is InChI=1S/C13H22N2O5S/c1-20-13(17)10-3-2-4-11(10)21(18,19)14-8-7-12(16)15-9-5-6-9/h9-11,14H,2-8H2,1H3,(H,15,16). The van der Waals surface area contributed by atoms with E-state index < -0.39 is 27.2 Å². The average molecular weight is 318 g/mol. The SMILES string of the molecule is COC(=O)C1CCCC1S(=O)(=O)NCCC(=O)NC1CC1. The van der Waals surface area contributed by atoms with Crippen LogP contribution < -0.4 is 10.0 Å². The number of ether oxygens (including phenoxy) is 1. The molecule has 2 rings (SSSR count). The predicted molar refractivity (Wildman–Crippen MR) is 75.8 cm³/mol. The van der Waals surface area contributed by atoms with Crippen LogP contribution in [0.3, 0.4) is 0 Å². The lowest BCUT2D eigenvalue weighted by Gasteiger charge is -2.18. The molecule has 0 radical (unpaired) electrons. The highest BCUT2D eigenvalue weighted by Gasteiger charge is 2.42. The summed E-state index contributed by atoms with van der Waals surface area (Å²) in [5, 5.41) is 2.04. The molecule has 2 N–H and O–H groups in total. The van der Waals surface area contributed by atoms with Crippen LogP contribution in [0.4, 0.5) is 0 Å². The number of carbonyl (C=O) groups is 2. The van der Waals surface area contributed by atoms with Gasteiger partial charge in [-0.3, -0.25) is 9.59 Å². The maximum Gasteiger partial charge on any atom is 0.310 e. The summed E-state index contributed by atoms with van der Waals surface area (Å²) < 4.78 is 31.6. The van der Waals surface area contributed by atoms with Crippen LogP contribution in [0.1, 0.15) is 38.5 Å². The topological polar surface area (TPSA) is 102 Å². The molecule has 2 saturated carbocycles. The third-order valence-corrected chi connectivity index (χ3v) is 5.92. The van der Waals surface area contributed by atoms with Crippen molar-refractivity contribution in [3.8, 4) is 0 Å². The van der Waals surface area contributed by atoms with Gasteiger partial charge in [0, 0.05) is 19.0 Å². The molecule has 0 bridgehead atoms. The Balaban J connectivity index is 1.82. The Hall–Kier alpha value is -1.15. The summed E-state index contributed by atoms with van der Waals surface area (Å²) in [5.74, 6) is -1.22. The lowest BCUT2D eigenvalue weighted by atomic mass is 10.1. The fraction of sp³-hybridized carbons (Fsp3) is 0.846. The van der Waals surface area contributed by atoms with Gasteiger partial charge >= 0.3 is 5.97 Å². The van der Waals surface area contributed by atoms with Crippen molar-refractivity contribution in [1.82, 2.24) is 10.0 Å². The largest absolute Gasteiger partial charge is 0.469 e. The van der Waals surface area contributed by atoms with Crippen molar-refractivity contribution < 1.29 is 22.7 Å². The second kappa shape index (κ2) is 6.74. The van der Waals surface area contributed by atoms with Gasteiger partial charge in [0.25, 0.3) is 0 Å². The van der Waals surface area contributed by atoms with E-state index in [9.17, 15) is 18.0 Å². The molecule has 0 spiro atoms. The number of sulfonamides is 1. The van der Waals surface area contributed by atoms with Crippen LogP contribution in [0.5, 0.6) is 0 Å². The lowest BCUT2D eigenvalue weighted by molar-refractivity contribution is -0.145. The summed E-state index contributed by atoms with van der Waals surface area (Å²) in [7, 11) is -2.34. The fourth-order valence-corrected chi connectivity index (χ4v) is 4.42. The molecule has 0 aliphatic heterocycles. The van der Waals surface area contributed by atoms with Gasteiger partial charge in [0.1, 0.15) is 0 Å². The van der Waals surface area contributed by atoms with Gasteiger partial charge in [0.15, 0.2) is 0 Å². The van der Waals surface area contributed by atoms with Gasteiger partial charge in [0.2, 0.25) is 15.9 Å². The van der Waals surface area contributed by atoms with Crippen molar-refractivity contribution in [2.75, 3.05) is 13.7 Å². The van der Waals surface area contributed by atoms with E-state index in [-0.39, 0.29) is 24.9 Å². The van der Waals surface area contributed by atoms with Crippen molar-refractivity contribution in [2.45, 2.75) is 49.8 Å². The normalized spacial score (nSPS) is 25.6. The van der Waals surface area contributed by atoms with E-state index in [4.69, 9.17) is 0 Å². The smallest absolute Gasteiger partial charge is 0.310 e. The second-order valence-electron chi connectivity index (χ2n) is 5.63. The van der Waals surface area contributed by atoms with Crippen molar-refractivity contribution >= 4 is 21.9 Å². The number of carbonyl (C=O) groups excluding carboxylic acids is 2. The van der Waals surface area contributed by atoms with Gasteiger partial charge in [-0.15, -0.1) is 0 Å². The first kappa shape index (κ1) is 16.2. The average Bonchev–Trinajstić information content (AvgIpc) is 3.08. The van der Waals surface area contributed by atoms with Gasteiger partial charge in [-0.1, -0.05) is 6.42 Å². The summed E-state index contributed by atoms with van der Waals surface area (Å²) in [6.45, 7) is 0.0608. The third-order valence-electron chi connectivity index (χ3n) is 3.95. The molecule has 7 nitrogen and oxygen atoms in total. The number of rotatable bonds is 7. The fourth-order valence-electron chi connectivity index (χ4n) is 2.66.